The summed E-state index contributed by atoms with van der Waals surface area (Å²) in [6.07, 6.45) is 0. The Hall–Kier alpha value is -1.88. The molecule has 118 valence electrons. The highest BCUT2D eigenvalue weighted by Crippen LogP contribution is 2.36. The maximum atomic E-state index is 12.7. The quantitative estimate of drug-likeness (QED) is 0.503. The van der Waals surface area contributed by atoms with E-state index in [4.69, 9.17) is 0 Å². The van der Waals surface area contributed by atoms with Crippen molar-refractivity contribution in [2.75, 3.05) is 14.1 Å². The summed E-state index contributed by atoms with van der Waals surface area (Å²) < 4.78 is 3.79. The molecule has 4 rings (SSSR count). The number of pyridine rings is 1. The van der Waals surface area contributed by atoms with Gasteiger partial charge < -0.3 is 21.9 Å². The number of aryl methyl sites for hydroxylation is 1. The number of halogens is 1. The molecule has 0 amide bonds. The third kappa shape index (κ3) is 2.26. The second-order valence-corrected chi connectivity index (χ2v) is 6.95. The first-order valence-electron chi connectivity index (χ1n) is 7.32. The largest absolute Gasteiger partial charge is 1.00 e. The number of thiophene rings is 1. The molecule has 0 unspecified atom stereocenters. The van der Waals surface area contributed by atoms with E-state index in [1.807, 2.05) is 19.2 Å². The van der Waals surface area contributed by atoms with Crippen LogP contribution in [-0.4, -0.2) is 18.7 Å². The van der Waals surface area contributed by atoms with Gasteiger partial charge in [-0.25, -0.2) is 0 Å². The second-order valence-electron chi connectivity index (χ2n) is 5.90. The lowest BCUT2D eigenvalue weighted by Gasteiger charge is -2.11. The lowest BCUT2D eigenvalue weighted by Crippen LogP contribution is -3.00. The van der Waals surface area contributed by atoms with Gasteiger partial charge in [-0.1, -0.05) is 18.2 Å². The summed E-state index contributed by atoms with van der Waals surface area (Å²) in [6, 6.07) is 14.6. The molecule has 0 radical (unpaired) electrons. The zero-order chi connectivity index (χ0) is 15.4. The maximum absolute atomic E-state index is 12.7. The molecular formula is C18H17ClN2OS. The summed E-state index contributed by atoms with van der Waals surface area (Å²) in [7, 11) is 6.09. The predicted molar refractivity (Wildman–Crippen MR) is 94.5 cm³/mol. The van der Waals surface area contributed by atoms with E-state index >= 15 is 0 Å². The molecule has 1 N–H and O–H groups in total. The fourth-order valence-corrected chi connectivity index (χ4v) is 4.26. The number of fused-ring (bicyclic) bond motifs is 5. The van der Waals surface area contributed by atoms with E-state index in [9.17, 15) is 4.79 Å². The first-order chi connectivity index (χ1) is 10.6. The molecule has 2 aromatic heterocycles. The highest BCUT2D eigenvalue weighted by molar-refractivity contribution is 7.26. The van der Waals surface area contributed by atoms with Gasteiger partial charge in [0.2, 0.25) is 0 Å². The SMILES string of the molecule is Cn1c(=O)c2sc3ccccc3c2c2cc([NH+](C)C)ccc21.[Cl-]. The van der Waals surface area contributed by atoms with Crippen LogP contribution in [0, 0.1) is 0 Å². The topological polar surface area (TPSA) is 26.4 Å². The van der Waals surface area contributed by atoms with Gasteiger partial charge in [0.25, 0.3) is 5.56 Å². The minimum absolute atomic E-state index is 0. The van der Waals surface area contributed by atoms with E-state index in [0.29, 0.717) is 0 Å². The van der Waals surface area contributed by atoms with Crippen molar-refractivity contribution in [1.29, 1.82) is 0 Å². The summed E-state index contributed by atoms with van der Waals surface area (Å²) in [5, 5.41) is 3.44. The Balaban J connectivity index is 0.00000156. The van der Waals surface area contributed by atoms with Crippen LogP contribution in [0.5, 0.6) is 0 Å². The predicted octanol–water partition coefficient (Wildman–Crippen LogP) is -0.314. The molecule has 0 aliphatic heterocycles. The molecule has 0 fully saturated rings. The monoisotopic (exact) mass is 344 g/mol. The van der Waals surface area contributed by atoms with E-state index in [-0.39, 0.29) is 18.0 Å². The van der Waals surface area contributed by atoms with Crippen LogP contribution in [0.2, 0.25) is 0 Å². The fourth-order valence-electron chi connectivity index (χ4n) is 3.06. The third-order valence-corrected chi connectivity index (χ3v) is 5.46. The molecule has 5 heteroatoms. The van der Waals surface area contributed by atoms with Gasteiger partial charge >= 0.3 is 0 Å². The van der Waals surface area contributed by atoms with Crippen molar-refractivity contribution < 1.29 is 17.3 Å². The summed E-state index contributed by atoms with van der Waals surface area (Å²) in [6.45, 7) is 0. The fraction of sp³-hybridized carbons (Fsp3) is 0.167. The Morgan fingerprint density at radius 1 is 1.04 bits per heavy atom. The number of nitrogens with one attached hydrogen (secondary N) is 1. The van der Waals surface area contributed by atoms with E-state index < -0.39 is 0 Å². The van der Waals surface area contributed by atoms with Crippen molar-refractivity contribution >= 4 is 48.1 Å². The van der Waals surface area contributed by atoms with Gasteiger partial charge in [-0.2, -0.15) is 0 Å². The number of hydrogen-bond acceptors (Lipinski definition) is 2. The van der Waals surface area contributed by atoms with Gasteiger partial charge in [0.05, 0.1) is 19.6 Å². The van der Waals surface area contributed by atoms with Gasteiger partial charge in [0.15, 0.2) is 0 Å². The van der Waals surface area contributed by atoms with Crippen molar-refractivity contribution in [3.05, 3.63) is 52.8 Å². The standard InChI is InChI=1S/C18H16N2OS.ClH/c1-19(2)11-8-9-14-13(10-11)16-12-6-4-5-7-15(12)22-17(16)18(21)20(14)3;/h4-10H,1-3H3;1H. The third-order valence-electron chi connectivity index (χ3n) is 4.30. The van der Waals surface area contributed by atoms with Gasteiger partial charge in [-0.15, -0.1) is 11.3 Å². The highest BCUT2D eigenvalue weighted by Gasteiger charge is 2.15. The molecule has 2 aromatic carbocycles. The molecular weight excluding hydrogens is 328 g/mol. The van der Waals surface area contributed by atoms with Crippen LogP contribution in [0.1, 0.15) is 0 Å². The Labute approximate surface area is 144 Å². The smallest absolute Gasteiger partial charge is 0.268 e. The van der Waals surface area contributed by atoms with E-state index in [0.717, 1.165) is 21.0 Å². The lowest BCUT2D eigenvalue weighted by molar-refractivity contribution is -0.786. The summed E-state index contributed by atoms with van der Waals surface area (Å²) in [4.78, 5) is 14.0. The Kier molecular flexibility index (Phi) is 3.92. The number of rotatable bonds is 1. The van der Waals surface area contributed by atoms with Crippen LogP contribution in [0.4, 0.5) is 5.69 Å². The first-order valence-corrected chi connectivity index (χ1v) is 8.14. The second kappa shape index (κ2) is 5.64. The molecule has 3 nitrogen and oxygen atoms in total. The lowest BCUT2D eigenvalue weighted by atomic mass is 10.1. The van der Waals surface area contributed by atoms with Crippen molar-refractivity contribution in [3.63, 3.8) is 0 Å². The van der Waals surface area contributed by atoms with Gasteiger partial charge in [-0.05, 0) is 12.1 Å². The zero-order valence-electron chi connectivity index (χ0n) is 13.2. The molecule has 2 heterocycles. The Bertz CT molecular complexity index is 1090. The van der Waals surface area contributed by atoms with Gasteiger partial charge in [0.1, 0.15) is 10.4 Å². The average molecular weight is 345 g/mol. The van der Waals surface area contributed by atoms with Crippen LogP contribution >= 0.6 is 11.3 Å². The van der Waals surface area contributed by atoms with E-state index in [1.54, 1.807) is 15.9 Å². The van der Waals surface area contributed by atoms with Crippen molar-refractivity contribution in [3.8, 4) is 0 Å². The minimum atomic E-state index is 0. The Morgan fingerprint density at radius 3 is 2.52 bits per heavy atom. The summed E-state index contributed by atoms with van der Waals surface area (Å²) >= 11 is 1.59. The van der Waals surface area contributed by atoms with E-state index in [2.05, 4.69) is 44.4 Å². The molecule has 0 saturated carbocycles. The van der Waals surface area contributed by atoms with Crippen molar-refractivity contribution in [2.45, 2.75) is 0 Å². The molecule has 0 aliphatic rings. The minimum Gasteiger partial charge on any atom is -1.00 e. The molecule has 0 spiro atoms. The van der Waals surface area contributed by atoms with Gasteiger partial charge in [0, 0.05) is 40.0 Å². The Morgan fingerprint density at radius 2 is 1.78 bits per heavy atom. The molecule has 0 bridgehead atoms. The zero-order valence-corrected chi connectivity index (χ0v) is 14.8. The van der Waals surface area contributed by atoms with Crippen LogP contribution < -0.4 is 22.9 Å². The van der Waals surface area contributed by atoms with Crippen LogP contribution in [-0.2, 0) is 7.05 Å². The molecule has 4 aromatic rings. The van der Waals surface area contributed by atoms with Crippen LogP contribution in [0.3, 0.4) is 0 Å². The molecule has 0 saturated heterocycles. The van der Waals surface area contributed by atoms with Gasteiger partial charge in [-0.3, -0.25) is 4.79 Å². The number of aromatic nitrogens is 1. The summed E-state index contributed by atoms with van der Waals surface area (Å²) in [5.41, 5.74) is 2.31. The van der Waals surface area contributed by atoms with Crippen molar-refractivity contribution in [1.82, 2.24) is 4.57 Å². The molecule has 0 aliphatic carbocycles. The average Bonchev–Trinajstić information content (AvgIpc) is 2.91. The number of hydrogen-bond donors (Lipinski definition) is 1. The number of nitrogens with zero attached hydrogens (tertiary/aromatic N) is 1. The van der Waals surface area contributed by atoms with Crippen LogP contribution in [0.25, 0.3) is 31.1 Å². The van der Waals surface area contributed by atoms with E-state index in [1.165, 1.54) is 20.7 Å². The number of benzene rings is 2. The summed E-state index contributed by atoms with van der Waals surface area (Å²) in [5.74, 6) is 0. The first kappa shape index (κ1) is 16.0. The maximum Gasteiger partial charge on any atom is 0.268 e. The normalized spacial score (nSPS) is 11.5. The molecule has 23 heavy (non-hydrogen) atoms. The molecule has 0 atom stereocenters. The number of quaternary nitrogens is 1. The van der Waals surface area contributed by atoms with Crippen LogP contribution in [0.15, 0.2) is 47.3 Å². The van der Waals surface area contributed by atoms with Crippen molar-refractivity contribution in [2.24, 2.45) is 7.05 Å². The highest BCUT2D eigenvalue weighted by atomic mass is 35.5.